The first-order valence-electron chi connectivity index (χ1n) is 7.24. The summed E-state index contributed by atoms with van der Waals surface area (Å²) in [5.74, 6) is 0. The molecule has 7 heteroatoms. The van der Waals surface area contributed by atoms with E-state index in [0.29, 0.717) is 13.0 Å². The Bertz CT molecular complexity index is 424. The second kappa shape index (κ2) is 6.54. The van der Waals surface area contributed by atoms with Crippen LogP contribution in [0, 0.1) is 5.41 Å². The lowest BCUT2D eigenvalue weighted by Crippen LogP contribution is -2.55. The second-order valence-corrected chi connectivity index (χ2v) is 7.33. The van der Waals surface area contributed by atoms with Gasteiger partial charge in [-0.15, -0.1) is 0 Å². The minimum atomic E-state index is -0.640. The summed E-state index contributed by atoms with van der Waals surface area (Å²) in [6, 6.07) is -0.965. The third kappa shape index (κ3) is 5.10. The molecule has 21 heavy (non-hydrogen) atoms. The molecule has 1 aliphatic heterocycles. The van der Waals surface area contributed by atoms with Crippen molar-refractivity contribution >= 4 is 6.09 Å². The maximum absolute atomic E-state index is 12.4. The van der Waals surface area contributed by atoms with Crippen molar-refractivity contribution < 1.29 is 14.6 Å². The highest BCUT2D eigenvalue weighted by molar-refractivity contribution is 5.69. The van der Waals surface area contributed by atoms with Crippen LogP contribution in [0.5, 0.6) is 0 Å². The van der Waals surface area contributed by atoms with Crippen LogP contribution >= 0.6 is 0 Å². The summed E-state index contributed by atoms with van der Waals surface area (Å²) in [5, 5.41) is 13.1. The van der Waals surface area contributed by atoms with E-state index < -0.39 is 17.7 Å². The van der Waals surface area contributed by atoms with E-state index in [2.05, 4.69) is 23.9 Å². The molecule has 0 aromatic rings. The number of carbonyl (C=O) groups is 1. The summed E-state index contributed by atoms with van der Waals surface area (Å²) < 4.78 is 5.44. The van der Waals surface area contributed by atoms with E-state index in [1.807, 2.05) is 20.8 Å². The first-order chi connectivity index (χ1) is 9.59. The van der Waals surface area contributed by atoms with Gasteiger partial charge in [0.2, 0.25) is 0 Å². The summed E-state index contributed by atoms with van der Waals surface area (Å²) in [7, 11) is 0. The number of hydrogen-bond acceptors (Lipinski definition) is 4. The van der Waals surface area contributed by atoms with Gasteiger partial charge in [0, 0.05) is 17.5 Å². The zero-order chi connectivity index (χ0) is 16.3. The molecule has 0 bridgehead atoms. The van der Waals surface area contributed by atoms with Crippen LogP contribution in [0.1, 0.15) is 47.5 Å². The van der Waals surface area contributed by atoms with Gasteiger partial charge in [0.15, 0.2) is 0 Å². The Morgan fingerprint density at radius 3 is 2.67 bits per heavy atom. The van der Waals surface area contributed by atoms with Gasteiger partial charge in [-0.1, -0.05) is 19.0 Å². The number of azide groups is 1. The van der Waals surface area contributed by atoms with E-state index >= 15 is 0 Å². The minimum Gasteiger partial charge on any atom is -0.444 e. The molecule has 7 nitrogen and oxygen atoms in total. The van der Waals surface area contributed by atoms with Crippen LogP contribution in [-0.4, -0.2) is 46.9 Å². The lowest BCUT2D eigenvalue weighted by Gasteiger charge is -2.45. The van der Waals surface area contributed by atoms with Gasteiger partial charge >= 0.3 is 6.09 Å². The standard InChI is InChI=1S/C14H26N4O3/c1-13(2,3)21-12(20)18-9-14(4,5)7-6-11(18)10(8-19)16-17-15/h10-11,19H,6-9H2,1-5H3. The van der Waals surface area contributed by atoms with Gasteiger partial charge in [-0.25, -0.2) is 4.79 Å². The monoisotopic (exact) mass is 298 g/mol. The van der Waals surface area contributed by atoms with Crippen molar-refractivity contribution in [1.82, 2.24) is 4.90 Å². The van der Waals surface area contributed by atoms with E-state index in [-0.39, 0.29) is 18.1 Å². The molecule has 1 aliphatic rings. The number of likely N-dealkylation sites (tertiary alicyclic amines) is 1. The van der Waals surface area contributed by atoms with Crippen LogP contribution in [0.3, 0.4) is 0 Å². The highest BCUT2D eigenvalue weighted by atomic mass is 16.6. The fraction of sp³-hybridized carbons (Fsp3) is 0.929. The molecule has 0 aromatic heterocycles. The number of aliphatic hydroxyl groups excluding tert-OH is 1. The Morgan fingerprint density at radius 2 is 2.19 bits per heavy atom. The summed E-state index contributed by atoms with van der Waals surface area (Å²) in [5.41, 5.74) is 8.01. The first kappa shape index (κ1) is 17.6. The van der Waals surface area contributed by atoms with Gasteiger partial charge in [-0.3, -0.25) is 0 Å². The third-order valence-electron chi connectivity index (χ3n) is 3.57. The number of hydrogen-bond donors (Lipinski definition) is 1. The predicted molar refractivity (Wildman–Crippen MR) is 79.8 cm³/mol. The van der Waals surface area contributed by atoms with Gasteiger partial charge in [0.05, 0.1) is 12.6 Å². The zero-order valence-corrected chi connectivity index (χ0v) is 13.5. The molecule has 1 heterocycles. The molecule has 120 valence electrons. The van der Waals surface area contributed by atoms with E-state index in [4.69, 9.17) is 10.3 Å². The molecule has 1 amide bonds. The molecule has 0 aromatic carbocycles. The van der Waals surface area contributed by atoms with E-state index in [1.54, 1.807) is 4.90 Å². The zero-order valence-electron chi connectivity index (χ0n) is 13.5. The van der Waals surface area contributed by atoms with Gasteiger partial charge in [-0.2, -0.15) is 0 Å². The first-order valence-corrected chi connectivity index (χ1v) is 7.24. The minimum absolute atomic E-state index is 0.0240. The third-order valence-corrected chi connectivity index (χ3v) is 3.57. The second-order valence-electron chi connectivity index (χ2n) is 7.33. The van der Waals surface area contributed by atoms with Crippen molar-refractivity contribution in [3.05, 3.63) is 10.4 Å². The molecule has 2 unspecified atom stereocenters. The van der Waals surface area contributed by atoms with Gasteiger partial charge in [-0.05, 0) is 44.6 Å². The molecule has 1 saturated heterocycles. The number of carbonyl (C=O) groups excluding carboxylic acids is 1. The molecular weight excluding hydrogens is 272 g/mol. The number of rotatable bonds is 3. The van der Waals surface area contributed by atoms with Crippen molar-refractivity contribution in [2.45, 2.75) is 65.1 Å². The summed E-state index contributed by atoms with van der Waals surface area (Å²) in [4.78, 5) is 16.8. The normalized spacial score (nSPS) is 23.1. The number of nitrogens with zero attached hydrogens (tertiary/aromatic N) is 4. The smallest absolute Gasteiger partial charge is 0.410 e. The summed E-state index contributed by atoms with van der Waals surface area (Å²) in [6.45, 7) is 9.84. The van der Waals surface area contributed by atoms with Crippen molar-refractivity contribution in [1.29, 1.82) is 0 Å². The number of piperidine rings is 1. The molecule has 1 N–H and O–H groups in total. The molecule has 0 radical (unpaired) electrons. The molecule has 0 saturated carbocycles. The SMILES string of the molecule is CC1(C)CCC(C(CO)N=[N+]=[N-])N(C(=O)OC(C)(C)C)C1. The quantitative estimate of drug-likeness (QED) is 0.492. The van der Waals surface area contributed by atoms with Crippen LogP contribution < -0.4 is 0 Å². The van der Waals surface area contributed by atoms with Crippen molar-refractivity contribution in [3.8, 4) is 0 Å². The van der Waals surface area contributed by atoms with Crippen molar-refractivity contribution in [3.63, 3.8) is 0 Å². The molecule has 2 atom stereocenters. The molecule has 1 rings (SSSR count). The van der Waals surface area contributed by atoms with Crippen LogP contribution in [0.2, 0.25) is 0 Å². The molecule has 0 aliphatic carbocycles. The topological polar surface area (TPSA) is 98.5 Å². The van der Waals surface area contributed by atoms with Crippen LogP contribution in [0.4, 0.5) is 4.79 Å². The Kier molecular flexibility index (Phi) is 5.48. The van der Waals surface area contributed by atoms with Gasteiger partial charge < -0.3 is 14.7 Å². The van der Waals surface area contributed by atoms with E-state index in [0.717, 1.165) is 6.42 Å². The largest absolute Gasteiger partial charge is 0.444 e. The highest BCUT2D eigenvalue weighted by Crippen LogP contribution is 2.34. The fourth-order valence-electron chi connectivity index (χ4n) is 2.57. The Morgan fingerprint density at radius 1 is 1.57 bits per heavy atom. The van der Waals surface area contributed by atoms with Crippen molar-refractivity contribution in [2.75, 3.05) is 13.2 Å². The number of amides is 1. The van der Waals surface area contributed by atoms with E-state index in [1.165, 1.54) is 0 Å². The van der Waals surface area contributed by atoms with Crippen LogP contribution in [0.25, 0.3) is 10.4 Å². The van der Waals surface area contributed by atoms with Gasteiger partial charge in [0.1, 0.15) is 5.60 Å². The fourth-order valence-corrected chi connectivity index (χ4v) is 2.57. The molecular formula is C14H26N4O3. The molecule has 1 fully saturated rings. The maximum atomic E-state index is 12.4. The predicted octanol–water partition coefficient (Wildman–Crippen LogP) is 3.08. The number of aliphatic hydroxyl groups is 1. The average Bonchev–Trinajstić information content (AvgIpc) is 2.33. The van der Waals surface area contributed by atoms with E-state index in [9.17, 15) is 9.90 Å². The lowest BCUT2D eigenvalue weighted by molar-refractivity contribution is -0.0147. The van der Waals surface area contributed by atoms with Crippen LogP contribution in [-0.2, 0) is 4.74 Å². The highest BCUT2D eigenvalue weighted by Gasteiger charge is 2.40. The summed E-state index contributed by atoms with van der Waals surface area (Å²) >= 11 is 0. The Labute approximate surface area is 125 Å². The number of ether oxygens (including phenoxy) is 1. The van der Waals surface area contributed by atoms with Crippen LogP contribution in [0.15, 0.2) is 5.11 Å². The summed E-state index contributed by atoms with van der Waals surface area (Å²) in [6.07, 6.45) is 1.15. The lowest BCUT2D eigenvalue weighted by atomic mass is 9.80. The average molecular weight is 298 g/mol. The van der Waals surface area contributed by atoms with Crippen molar-refractivity contribution in [2.24, 2.45) is 10.5 Å². The Balaban J connectivity index is 2.99. The maximum Gasteiger partial charge on any atom is 0.410 e. The van der Waals surface area contributed by atoms with Gasteiger partial charge in [0.25, 0.3) is 0 Å². The Hall–Kier alpha value is -1.46. The molecule has 0 spiro atoms.